The number of aryl methyl sites for hydroxylation is 2. The largest absolute Gasteiger partial charge is 0.481 e. The summed E-state index contributed by atoms with van der Waals surface area (Å²) in [4.78, 5) is 5.25. The number of nitrogens with one attached hydrogen (secondary N) is 1. The zero-order valence-electron chi connectivity index (χ0n) is 14.1. The van der Waals surface area contributed by atoms with Gasteiger partial charge in [-0.2, -0.15) is 0 Å². The molecule has 0 amide bonds. The Morgan fingerprint density at radius 3 is 2.48 bits per heavy atom. The third kappa shape index (κ3) is 3.83. The standard InChI is InChI=1S/C18H18N2O3S2/c1-12-4-5-14(15-8-13(2)24-11-15)9-17(12)20-25(21,22)16-6-7-18(23-3)19-10-16/h4-11,20H,1-3H3. The monoisotopic (exact) mass is 374 g/mol. The lowest BCUT2D eigenvalue weighted by Gasteiger charge is -2.12. The molecule has 0 bridgehead atoms. The van der Waals surface area contributed by atoms with Crippen LogP contribution in [0.4, 0.5) is 5.69 Å². The summed E-state index contributed by atoms with van der Waals surface area (Å²) < 4.78 is 32.8. The van der Waals surface area contributed by atoms with Crippen LogP contribution < -0.4 is 9.46 Å². The van der Waals surface area contributed by atoms with E-state index in [9.17, 15) is 8.42 Å². The number of thiophene rings is 1. The molecule has 0 saturated heterocycles. The van der Waals surface area contributed by atoms with Crippen LogP contribution in [0.15, 0.2) is 52.9 Å². The summed E-state index contributed by atoms with van der Waals surface area (Å²) in [6.07, 6.45) is 1.28. The molecule has 0 aliphatic rings. The number of benzene rings is 1. The summed E-state index contributed by atoms with van der Waals surface area (Å²) in [6, 6.07) is 10.8. The van der Waals surface area contributed by atoms with Crippen molar-refractivity contribution in [2.45, 2.75) is 18.7 Å². The molecular formula is C18H18N2O3S2. The van der Waals surface area contributed by atoms with Crippen LogP contribution >= 0.6 is 11.3 Å². The van der Waals surface area contributed by atoms with Gasteiger partial charge < -0.3 is 4.74 Å². The third-order valence-electron chi connectivity index (χ3n) is 3.77. The van der Waals surface area contributed by atoms with Gasteiger partial charge in [-0.25, -0.2) is 13.4 Å². The molecule has 2 heterocycles. The molecule has 0 saturated carbocycles. The maximum Gasteiger partial charge on any atom is 0.263 e. The van der Waals surface area contributed by atoms with Crippen molar-refractivity contribution < 1.29 is 13.2 Å². The summed E-state index contributed by atoms with van der Waals surface area (Å²) in [5.41, 5.74) is 3.45. The van der Waals surface area contributed by atoms with Gasteiger partial charge in [0.1, 0.15) is 4.90 Å². The minimum atomic E-state index is -3.72. The minimum Gasteiger partial charge on any atom is -0.481 e. The number of pyridine rings is 1. The second-order valence-electron chi connectivity index (χ2n) is 5.62. The number of ether oxygens (including phenoxy) is 1. The zero-order chi connectivity index (χ0) is 18.0. The number of anilines is 1. The summed E-state index contributed by atoms with van der Waals surface area (Å²) in [5, 5.41) is 2.06. The van der Waals surface area contributed by atoms with Crippen LogP contribution in [0.3, 0.4) is 0 Å². The van der Waals surface area contributed by atoms with E-state index in [1.54, 1.807) is 11.3 Å². The summed E-state index contributed by atoms with van der Waals surface area (Å²) >= 11 is 1.66. The van der Waals surface area contributed by atoms with Crippen molar-refractivity contribution in [2.24, 2.45) is 0 Å². The molecule has 3 aromatic rings. The highest BCUT2D eigenvalue weighted by Crippen LogP contribution is 2.30. The number of hydrogen-bond donors (Lipinski definition) is 1. The number of rotatable bonds is 5. The first-order valence-corrected chi connectivity index (χ1v) is 9.94. The van der Waals surface area contributed by atoms with Gasteiger partial charge in [0.2, 0.25) is 5.88 Å². The molecule has 25 heavy (non-hydrogen) atoms. The highest BCUT2D eigenvalue weighted by Gasteiger charge is 2.16. The van der Waals surface area contributed by atoms with Crippen LogP contribution in [0.5, 0.6) is 5.88 Å². The average molecular weight is 374 g/mol. The molecule has 3 rings (SSSR count). The zero-order valence-corrected chi connectivity index (χ0v) is 15.7. The highest BCUT2D eigenvalue weighted by atomic mass is 32.2. The predicted octanol–water partition coefficient (Wildman–Crippen LogP) is 4.24. The van der Waals surface area contributed by atoms with Crippen molar-refractivity contribution in [1.82, 2.24) is 4.98 Å². The van der Waals surface area contributed by atoms with E-state index in [0.717, 1.165) is 16.7 Å². The minimum absolute atomic E-state index is 0.0875. The van der Waals surface area contributed by atoms with Crippen LogP contribution in [0.2, 0.25) is 0 Å². The van der Waals surface area contributed by atoms with E-state index in [1.807, 2.05) is 32.0 Å². The van der Waals surface area contributed by atoms with Gasteiger partial charge >= 0.3 is 0 Å². The van der Waals surface area contributed by atoms with Crippen LogP contribution in [0, 0.1) is 13.8 Å². The SMILES string of the molecule is COc1ccc(S(=O)(=O)Nc2cc(-c3csc(C)c3)ccc2C)cn1. The number of hydrogen-bond acceptors (Lipinski definition) is 5. The maximum absolute atomic E-state index is 12.6. The van der Waals surface area contributed by atoms with Gasteiger partial charge in [-0.3, -0.25) is 4.72 Å². The highest BCUT2D eigenvalue weighted by molar-refractivity contribution is 7.92. The molecule has 0 atom stereocenters. The van der Waals surface area contributed by atoms with Crippen molar-refractivity contribution in [2.75, 3.05) is 11.8 Å². The van der Waals surface area contributed by atoms with Gasteiger partial charge in [-0.15, -0.1) is 11.3 Å². The van der Waals surface area contributed by atoms with Gasteiger partial charge in [-0.05, 0) is 54.1 Å². The van der Waals surface area contributed by atoms with Crippen molar-refractivity contribution in [3.05, 3.63) is 58.4 Å². The fourth-order valence-corrected chi connectivity index (χ4v) is 4.13. The second kappa shape index (κ2) is 6.85. The number of aromatic nitrogens is 1. The maximum atomic E-state index is 12.6. The van der Waals surface area contributed by atoms with Crippen molar-refractivity contribution in [3.63, 3.8) is 0 Å². The van der Waals surface area contributed by atoms with E-state index in [1.165, 1.54) is 30.3 Å². The molecule has 0 aliphatic heterocycles. The molecule has 7 heteroatoms. The average Bonchev–Trinajstić information content (AvgIpc) is 3.03. The first-order chi connectivity index (χ1) is 11.9. The summed E-state index contributed by atoms with van der Waals surface area (Å²) in [5.74, 6) is 0.366. The Labute approximate surface area is 151 Å². The van der Waals surface area contributed by atoms with Crippen molar-refractivity contribution in [1.29, 1.82) is 0 Å². The van der Waals surface area contributed by atoms with Crippen molar-refractivity contribution in [3.8, 4) is 17.0 Å². The van der Waals surface area contributed by atoms with E-state index in [-0.39, 0.29) is 4.90 Å². The normalized spacial score (nSPS) is 11.3. The molecule has 1 N–H and O–H groups in total. The van der Waals surface area contributed by atoms with Crippen LogP contribution in [0.25, 0.3) is 11.1 Å². The number of sulfonamides is 1. The van der Waals surface area contributed by atoms with Gasteiger partial charge in [-0.1, -0.05) is 12.1 Å². The Balaban J connectivity index is 1.93. The van der Waals surface area contributed by atoms with Gasteiger partial charge in [0.25, 0.3) is 10.0 Å². The van der Waals surface area contributed by atoms with Crippen LogP contribution in [0.1, 0.15) is 10.4 Å². The summed E-state index contributed by atoms with van der Waals surface area (Å²) in [7, 11) is -2.24. The van der Waals surface area contributed by atoms with Crippen LogP contribution in [-0.2, 0) is 10.0 Å². The van der Waals surface area contributed by atoms with Crippen LogP contribution in [-0.4, -0.2) is 20.5 Å². The number of methoxy groups -OCH3 is 1. The Kier molecular flexibility index (Phi) is 4.78. The van der Waals surface area contributed by atoms with Gasteiger partial charge in [0.05, 0.1) is 19.0 Å². The van der Waals surface area contributed by atoms with Gasteiger partial charge in [0, 0.05) is 10.9 Å². The second-order valence-corrected chi connectivity index (χ2v) is 8.42. The molecule has 1 aromatic carbocycles. The van der Waals surface area contributed by atoms with Crippen molar-refractivity contribution >= 4 is 27.0 Å². The van der Waals surface area contributed by atoms with E-state index < -0.39 is 10.0 Å². The Morgan fingerprint density at radius 2 is 1.88 bits per heavy atom. The lowest BCUT2D eigenvalue weighted by Crippen LogP contribution is -2.14. The van der Waals surface area contributed by atoms with E-state index in [0.29, 0.717) is 11.6 Å². The topological polar surface area (TPSA) is 68.3 Å². The first kappa shape index (κ1) is 17.4. The fraction of sp³-hybridized carbons (Fsp3) is 0.167. The van der Waals surface area contributed by atoms with Gasteiger partial charge in [0.15, 0.2) is 0 Å². The molecule has 0 radical (unpaired) electrons. The lowest BCUT2D eigenvalue weighted by molar-refractivity contribution is 0.397. The lowest BCUT2D eigenvalue weighted by atomic mass is 10.1. The Morgan fingerprint density at radius 1 is 1.08 bits per heavy atom. The predicted molar refractivity (Wildman–Crippen MR) is 101 cm³/mol. The first-order valence-electron chi connectivity index (χ1n) is 7.58. The molecule has 0 unspecified atom stereocenters. The number of nitrogens with zero attached hydrogens (tertiary/aromatic N) is 1. The molecular weight excluding hydrogens is 356 g/mol. The van der Waals surface area contributed by atoms with E-state index >= 15 is 0 Å². The molecule has 0 spiro atoms. The quantitative estimate of drug-likeness (QED) is 0.725. The Bertz CT molecular complexity index is 993. The fourth-order valence-electron chi connectivity index (χ4n) is 2.36. The molecule has 130 valence electrons. The molecule has 0 aliphatic carbocycles. The molecule has 2 aromatic heterocycles. The van der Waals surface area contributed by atoms with E-state index in [4.69, 9.17) is 4.74 Å². The van der Waals surface area contributed by atoms with E-state index in [2.05, 4.69) is 21.2 Å². The summed E-state index contributed by atoms with van der Waals surface area (Å²) in [6.45, 7) is 3.91. The molecule has 5 nitrogen and oxygen atoms in total. The molecule has 0 fully saturated rings. The smallest absolute Gasteiger partial charge is 0.263 e. The Hall–Kier alpha value is -2.38. The third-order valence-corrected chi connectivity index (χ3v) is 5.99.